The lowest BCUT2D eigenvalue weighted by Crippen LogP contribution is -2.13. The summed E-state index contributed by atoms with van der Waals surface area (Å²) in [6.07, 6.45) is 4.37. The summed E-state index contributed by atoms with van der Waals surface area (Å²) < 4.78 is 6.50. The number of aromatic nitrogens is 2. The smallest absolute Gasteiger partial charge is 0.351 e. The molecule has 0 atom stereocenters. The Kier molecular flexibility index (Phi) is 3.84. The van der Waals surface area contributed by atoms with Gasteiger partial charge < -0.3 is 9.52 Å². The molecule has 0 bridgehead atoms. The van der Waals surface area contributed by atoms with Gasteiger partial charge in [0.05, 0.1) is 5.69 Å². The number of aryl methyl sites for hydroxylation is 2. The van der Waals surface area contributed by atoms with Crippen molar-refractivity contribution in [3.63, 3.8) is 0 Å². The first kappa shape index (κ1) is 13.8. The van der Waals surface area contributed by atoms with Gasteiger partial charge in [-0.25, -0.2) is 4.79 Å². The summed E-state index contributed by atoms with van der Waals surface area (Å²) in [5, 5.41) is 13.7. The zero-order valence-electron chi connectivity index (χ0n) is 11.2. The highest BCUT2D eigenvalue weighted by atomic mass is 16.4. The molecular formula is C14H14N2O4. The molecule has 20 heavy (non-hydrogen) atoms. The molecular weight excluding hydrogens is 260 g/mol. The van der Waals surface area contributed by atoms with Gasteiger partial charge in [-0.05, 0) is 32.1 Å². The molecule has 0 saturated carbocycles. The summed E-state index contributed by atoms with van der Waals surface area (Å²) in [5.41, 5.74) is -0.479. The number of hydrogen-bond acceptors (Lipinski definition) is 5. The second kappa shape index (κ2) is 5.56. The summed E-state index contributed by atoms with van der Waals surface area (Å²) >= 11 is 0. The monoisotopic (exact) mass is 274 g/mol. The molecule has 0 aliphatic heterocycles. The Bertz CT molecular complexity index is 725. The van der Waals surface area contributed by atoms with Crippen molar-refractivity contribution < 1.29 is 14.3 Å². The van der Waals surface area contributed by atoms with Crippen LogP contribution in [-0.4, -0.2) is 20.7 Å². The first-order valence-corrected chi connectivity index (χ1v) is 6.11. The summed E-state index contributed by atoms with van der Waals surface area (Å²) in [4.78, 5) is 23.5. The molecule has 0 radical (unpaired) electrons. The van der Waals surface area contributed by atoms with Gasteiger partial charge in [0.2, 0.25) is 0 Å². The molecule has 0 spiro atoms. The number of nitrogens with zero attached hydrogens (tertiary/aromatic N) is 2. The summed E-state index contributed by atoms with van der Waals surface area (Å²) in [6, 6.07) is 2.98. The number of aromatic hydroxyl groups is 1. The minimum atomic E-state index is -0.846. The third kappa shape index (κ3) is 2.69. The van der Waals surface area contributed by atoms with Gasteiger partial charge in [0, 0.05) is 18.8 Å². The summed E-state index contributed by atoms with van der Waals surface area (Å²) in [5.74, 6) is -0.741. The van der Waals surface area contributed by atoms with Crippen molar-refractivity contribution in [1.29, 1.82) is 0 Å². The van der Waals surface area contributed by atoms with Gasteiger partial charge in [0.25, 0.3) is 0 Å². The number of carbonyl (C=O) groups is 1. The highest BCUT2D eigenvalue weighted by Crippen LogP contribution is 2.15. The van der Waals surface area contributed by atoms with Crippen molar-refractivity contribution in [2.24, 2.45) is 0 Å². The van der Waals surface area contributed by atoms with E-state index >= 15 is 0 Å². The molecule has 0 aliphatic rings. The lowest BCUT2D eigenvalue weighted by molar-refractivity contribution is 0.104. The van der Waals surface area contributed by atoms with E-state index in [1.807, 2.05) is 6.92 Å². The normalized spacial score (nSPS) is 11.1. The maximum absolute atomic E-state index is 12.0. The van der Waals surface area contributed by atoms with E-state index in [0.29, 0.717) is 6.54 Å². The largest absolute Gasteiger partial charge is 0.507 e. The van der Waals surface area contributed by atoms with Gasteiger partial charge in [-0.1, -0.05) is 0 Å². The van der Waals surface area contributed by atoms with Crippen LogP contribution in [0.4, 0.5) is 0 Å². The molecule has 1 N–H and O–H groups in total. The zero-order valence-corrected chi connectivity index (χ0v) is 11.2. The average Bonchev–Trinajstić information content (AvgIpc) is 2.82. The molecule has 0 aliphatic carbocycles. The van der Waals surface area contributed by atoms with Gasteiger partial charge in [-0.15, -0.1) is 0 Å². The first-order chi connectivity index (χ1) is 9.52. The standard InChI is InChI=1S/C14H14N2O4/c1-3-16-10(6-7-15-16)4-5-11(17)13-12(18)8-9(2)20-14(13)19/h4-8,18H,3H2,1-2H3. The van der Waals surface area contributed by atoms with Crippen molar-refractivity contribution in [2.75, 3.05) is 0 Å². The third-order valence-corrected chi connectivity index (χ3v) is 2.75. The second-order valence-electron chi connectivity index (χ2n) is 4.17. The number of hydrogen-bond donors (Lipinski definition) is 1. The zero-order chi connectivity index (χ0) is 14.7. The molecule has 2 rings (SSSR count). The van der Waals surface area contributed by atoms with E-state index in [2.05, 4.69) is 5.10 Å². The van der Waals surface area contributed by atoms with Crippen LogP contribution in [0.3, 0.4) is 0 Å². The van der Waals surface area contributed by atoms with Crippen LogP contribution in [0.15, 0.2) is 33.6 Å². The van der Waals surface area contributed by atoms with E-state index < -0.39 is 11.4 Å². The van der Waals surface area contributed by atoms with Gasteiger partial charge in [0.15, 0.2) is 5.78 Å². The molecule has 0 amide bonds. The summed E-state index contributed by atoms with van der Waals surface area (Å²) in [7, 11) is 0. The van der Waals surface area contributed by atoms with E-state index in [0.717, 1.165) is 5.69 Å². The van der Waals surface area contributed by atoms with Gasteiger partial charge in [-0.2, -0.15) is 5.10 Å². The Labute approximate surface area is 115 Å². The van der Waals surface area contributed by atoms with E-state index in [9.17, 15) is 14.7 Å². The maximum atomic E-state index is 12.0. The molecule has 0 saturated heterocycles. The molecule has 6 nitrogen and oxygen atoms in total. The fourth-order valence-electron chi connectivity index (χ4n) is 1.82. The number of rotatable bonds is 4. The van der Waals surface area contributed by atoms with E-state index in [1.165, 1.54) is 25.1 Å². The maximum Gasteiger partial charge on any atom is 0.351 e. The Morgan fingerprint density at radius 2 is 2.30 bits per heavy atom. The molecule has 0 aromatic carbocycles. The van der Waals surface area contributed by atoms with Crippen molar-refractivity contribution >= 4 is 11.9 Å². The van der Waals surface area contributed by atoms with Gasteiger partial charge >= 0.3 is 5.63 Å². The van der Waals surface area contributed by atoms with E-state index in [-0.39, 0.29) is 17.1 Å². The molecule has 0 unspecified atom stereocenters. The predicted molar refractivity (Wildman–Crippen MR) is 72.6 cm³/mol. The Hall–Kier alpha value is -2.63. The Morgan fingerprint density at radius 1 is 1.55 bits per heavy atom. The number of ketones is 1. The van der Waals surface area contributed by atoms with Crippen LogP contribution in [0.1, 0.15) is 28.7 Å². The van der Waals surface area contributed by atoms with Crippen LogP contribution < -0.4 is 5.63 Å². The molecule has 2 heterocycles. The van der Waals surface area contributed by atoms with Crippen molar-refractivity contribution in [1.82, 2.24) is 9.78 Å². The Balaban J connectivity index is 2.32. The highest BCUT2D eigenvalue weighted by Gasteiger charge is 2.15. The van der Waals surface area contributed by atoms with Crippen molar-refractivity contribution in [3.05, 3.63) is 51.8 Å². The van der Waals surface area contributed by atoms with Crippen LogP contribution >= 0.6 is 0 Å². The highest BCUT2D eigenvalue weighted by molar-refractivity contribution is 6.08. The molecule has 2 aromatic rings. The van der Waals surface area contributed by atoms with Gasteiger partial charge in [-0.3, -0.25) is 9.48 Å². The van der Waals surface area contributed by atoms with E-state index in [4.69, 9.17) is 4.42 Å². The first-order valence-electron chi connectivity index (χ1n) is 6.11. The van der Waals surface area contributed by atoms with Gasteiger partial charge in [0.1, 0.15) is 17.1 Å². The van der Waals surface area contributed by atoms with Crippen LogP contribution in [0, 0.1) is 6.92 Å². The predicted octanol–water partition coefficient (Wildman–Crippen LogP) is 1.77. The minimum Gasteiger partial charge on any atom is -0.507 e. The van der Waals surface area contributed by atoms with Crippen LogP contribution in [0.2, 0.25) is 0 Å². The summed E-state index contributed by atoms with van der Waals surface area (Å²) in [6.45, 7) is 4.11. The SMILES string of the molecule is CCn1nccc1C=CC(=O)c1c(O)cc(C)oc1=O. The lowest BCUT2D eigenvalue weighted by Gasteiger charge is -2.00. The molecule has 2 aromatic heterocycles. The topological polar surface area (TPSA) is 85.3 Å². The quantitative estimate of drug-likeness (QED) is 0.678. The van der Waals surface area contributed by atoms with Crippen LogP contribution in [0.5, 0.6) is 5.75 Å². The third-order valence-electron chi connectivity index (χ3n) is 2.75. The number of carbonyl (C=O) groups excluding carboxylic acids is 1. The minimum absolute atomic E-state index is 0.247. The van der Waals surface area contributed by atoms with Crippen LogP contribution in [-0.2, 0) is 6.54 Å². The fraction of sp³-hybridized carbons (Fsp3) is 0.214. The number of allylic oxidation sites excluding steroid dienone is 1. The lowest BCUT2D eigenvalue weighted by atomic mass is 10.1. The average molecular weight is 274 g/mol. The van der Waals surface area contributed by atoms with Crippen molar-refractivity contribution in [3.8, 4) is 5.75 Å². The second-order valence-corrected chi connectivity index (χ2v) is 4.17. The molecule has 0 fully saturated rings. The van der Waals surface area contributed by atoms with Crippen molar-refractivity contribution in [2.45, 2.75) is 20.4 Å². The molecule has 104 valence electrons. The Morgan fingerprint density at radius 3 is 2.95 bits per heavy atom. The van der Waals surface area contributed by atoms with E-state index in [1.54, 1.807) is 16.9 Å². The fourth-order valence-corrected chi connectivity index (χ4v) is 1.82. The van der Waals surface area contributed by atoms with Crippen LogP contribution in [0.25, 0.3) is 6.08 Å². The molecule has 6 heteroatoms.